The van der Waals surface area contributed by atoms with Gasteiger partial charge in [0.2, 0.25) is 0 Å². The van der Waals surface area contributed by atoms with Gasteiger partial charge in [-0.15, -0.1) is 0 Å². The zero-order valence-corrected chi connectivity index (χ0v) is 13.0. The lowest BCUT2D eigenvalue weighted by molar-refractivity contribution is 0.0480. The number of nitrogens with zero attached hydrogens (tertiary/aromatic N) is 1. The van der Waals surface area contributed by atoms with Crippen molar-refractivity contribution in [1.82, 2.24) is 10.2 Å². The van der Waals surface area contributed by atoms with Crippen LogP contribution in [0.15, 0.2) is 24.3 Å². The van der Waals surface area contributed by atoms with E-state index in [1.807, 2.05) is 13.0 Å². The van der Waals surface area contributed by atoms with Gasteiger partial charge in [-0.05, 0) is 51.3 Å². The molecule has 0 aliphatic carbocycles. The number of likely N-dealkylation sites (N-methyl/N-ethyl adjacent to an activating group) is 1. The quantitative estimate of drug-likeness (QED) is 0.760. The maximum Gasteiger partial charge on any atom is 0.317 e. The second-order valence-electron chi connectivity index (χ2n) is 5.79. The number of aliphatic hydroxyl groups is 1. The Balaban J connectivity index is 2.32. The molecule has 0 unspecified atom stereocenters. The Labute approximate surface area is 126 Å². The van der Waals surface area contributed by atoms with Crippen LogP contribution in [0.2, 0.25) is 0 Å². The lowest BCUT2D eigenvalue weighted by Crippen LogP contribution is -2.47. The first-order valence-corrected chi connectivity index (χ1v) is 7.31. The summed E-state index contributed by atoms with van der Waals surface area (Å²) in [6, 6.07) is 6.30. The van der Waals surface area contributed by atoms with Gasteiger partial charge in [0.15, 0.2) is 0 Å². The van der Waals surface area contributed by atoms with Gasteiger partial charge < -0.3 is 15.3 Å². The Hall–Kier alpha value is -1.62. The van der Waals surface area contributed by atoms with Crippen LogP contribution in [-0.2, 0) is 6.42 Å². The summed E-state index contributed by atoms with van der Waals surface area (Å²) >= 11 is 0. The first-order chi connectivity index (χ1) is 9.81. The molecule has 1 rings (SSSR count). The van der Waals surface area contributed by atoms with E-state index in [2.05, 4.69) is 5.32 Å². The Bertz CT molecular complexity index is 458. The van der Waals surface area contributed by atoms with E-state index < -0.39 is 5.60 Å². The molecule has 4 nitrogen and oxygen atoms in total. The molecule has 118 valence electrons. The normalized spacial score (nSPS) is 11.3. The van der Waals surface area contributed by atoms with Crippen molar-refractivity contribution in [2.75, 3.05) is 19.6 Å². The summed E-state index contributed by atoms with van der Waals surface area (Å²) in [5, 5.41) is 12.6. The number of carbonyl (C=O) groups is 1. The molecule has 2 amide bonds. The number of aryl methyl sites for hydroxylation is 1. The lowest BCUT2D eigenvalue weighted by Gasteiger charge is -2.28. The summed E-state index contributed by atoms with van der Waals surface area (Å²) in [6.07, 6.45) is 1.46. The standard InChI is InChI=1S/C16H25FN2O2/c1-4-19(12-16(2,3)21)15(20)18-10-6-8-13-7-5-9-14(17)11-13/h5,7,9,11,21H,4,6,8,10,12H2,1-3H3,(H,18,20). The van der Waals surface area contributed by atoms with E-state index in [1.165, 1.54) is 12.1 Å². The van der Waals surface area contributed by atoms with Crippen LogP contribution >= 0.6 is 0 Å². The van der Waals surface area contributed by atoms with Crippen LogP contribution in [0.3, 0.4) is 0 Å². The van der Waals surface area contributed by atoms with Crippen molar-refractivity contribution in [3.8, 4) is 0 Å². The van der Waals surface area contributed by atoms with Crippen molar-refractivity contribution in [2.24, 2.45) is 0 Å². The van der Waals surface area contributed by atoms with E-state index in [-0.39, 0.29) is 11.8 Å². The van der Waals surface area contributed by atoms with Crippen molar-refractivity contribution in [3.63, 3.8) is 0 Å². The van der Waals surface area contributed by atoms with Crippen LogP contribution in [0.5, 0.6) is 0 Å². The van der Waals surface area contributed by atoms with Crippen LogP contribution in [0.4, 0.5) is 9.18 Å². The molecule has 0 aliphatic rings. The van der Waals surface area contributed by atoms with Gasteiger partial charge in [-0.3, -0.25) is 0 Å². The lowest BCUT2D eigenvalue weighted by atomic mass is 10.1. The van der Waals surface area contributed by atoms with Crippen molar-refractivity contribution < 1.29 is 14.3 Å². The van der Waals surface area contributed by atoms with Crippen molar-refractivity contribution in [3.05, 3.63) is 35.6 Å². The van der Waals surface area contributed by atoms with Crippen LogP contribution in [0.1, 0.15) is 32.8 Å². The fraction of sp³-hybridized carbons (Fsp3) is 0.562. The molecule has 0 saturated carbocycles. The summed E-state index contributed by atoms with van der Waals surface area (Å²) in [5.41, 5.74) is 0.0163. The van der Waals surface area contributed by atoms with Gasteiger partial charge in [-0.2, -0.15) is 0 Å². The fourth-order valence-electron chi connectivity index (χ4n) is 2.09. The van der Waals surface area contributed by atoms with Gasteiger partial charge in [0.1, 0.15) is 5.82 Å². The summed E-state index contributed by atoms with van der Waals surface area (Å²) in [4.78, 5) is 13.5. The highest BCUT2D eigenvalue weighted by molar-refractivity contribution is 5.74. The number of hydrogen-bond donors (Lipinski definition) is 2. The van der Waals surface area contributed by atoms with Crippen LogP contribution in [-0.4, -0.2) is 41.3 Å². The number of urea groups is 1. The molecular formula is C16H25FN2O2. The second-order valence-corrected chi connectivity index (χ2v) is 5.79. The van der Waals surface area contributed by atoms with Crippen LogP contribution in [0, 0.1) is 5.82 Å². The zero-order chi connectivity index (χ0) is 15.9. The molecule has 1 aromatic carbocycles. The van der Waals surface area contributed by atoms with Crippen LogP contribution < -0.4 is 5.32 Å². The molecule has 0 fully saturated rings. The molecule has 0 heterocycles. The smallest absolute Gasteiger partial charge is 0.317 e. The second kappa shape index (κ2) is 7.98. The number of halogens is 1. The minimum atomic E-state index is -0.908. The van der Waals surface area contributed by atoms with E-state index in [0.29, 0.717) is 19.6 Å². The Morgan fingerprint density at radius 1 is 1.43 bits per heavy atom. The monoisotopic (exact) mass is 296 g/mol. The predicted octanol–water partition coefficient (Wildman–Crippen LogP) is 2.56. The van der Waals surface area contributed by atoms with E-state index in [4.69, 9.17) is 0 Å². The average molecular weight is 296 g/mol. The minimum Gasteiger partial charge on any atom is -0.389 e. The van der Waals surface area contributed by atoms with E-state index >= 15 is 0 Å². The first-order valence-electron chi connectivity index (χ1n) is 7.31. The maximum absolute atomic E-state index is 13.0. The highest BCUT2D eigenvalue weighted by Crippen LogP contribution is 2.07. The summed E-state index contributed by atoms with van der Waals surface area (Å²) in [7, 11) is 0. The topological polar surface area (TPSA) is 52.6 Å². The molecule has 0 atom stereocenters. The molecule has 2 N–H and O–H groups in total. The summed E-state index contributed by atoms with van der Waals surface area (Å²) in [5.74, 6) is -0.237. The molecule has 0 bridgehead atoms. The minimum absolute atomic E-state index is 0.182. The summed E-state index contributed by atoms with van der Waals surface area (Å²) < 4.78 is 13.0. The third-order valence-electron chi connectivity index (χ3n) is 3.05. The molecule has 5 heteroatoms. The van der Waals surface area contributed by atoms with E-state index in [0.717, 1.165) is 18.4 Å². The highest BCUT2D eigenvalue weighted by atomic mass is 19.1. The molecule has 0 saturated heterocycles. The number of amides is 2. The Morgan fingerprint density at radius 3 is 2.71 bits per heavy atom. The SMILES string of the molecule is CCN(CC(C)(C)O)C(=O)NCCCc1cccc(F)c1. The van der Waals surface area contributed by atoms with Crippen molar-refractivity contribution in [1.29, 1.82) is 0 Å². The van der Waals surface area contributed by atoms with Gasteiger partial charge in [0.25, 0.3) is 0 Å². The Kier molecular flexibility index (Phi) is 6.62. The number of rotatable bonds is 7. The van der Waals surface area contributed by atoms with Gasteiger partial charge in [-0.1, -0.05) is 12.1 Å². The molecule has 0 aliphatic heterocycles. The fourth-order valence-corrected chi connectivity index (χ4v) is 2.09. The van der Waals surface area contributed by atoms with Gasteiger partial charge in [0, 0.05) is 13.1 Å². The summed E-state index contributed by atoms with van der Waals surface area (Å²) in [6.45, 7) is 6.58. The Morgan fingerprint density at radius 2 is 2.14 bits per heavy atom. The number of benzene rings is 1. The number of nitrogens with one attached hydrogen (secondary N) is 1. The first kappa shape index (κ1) is 17.4. The molecule has 0 spiro atoms. The molecule has 21 heavy (non-hydrogen) atoms. The predicted molar refractivity (Wildman–Crippen MR) is 81.7 cm³/mol. The van der Waals surface area contributed by atoms with Crippen LogP contribution in [0.25, 0.3) is 0 Å². The maximum atomic E-state index is 13.0. The third-order valence-corrected chi connectivity index (χ3v) is 3.05. The number of hydrogen-bond acceptors (Lipinski definition) is 2. The van der Waals surface area contributed by atoms with Crippen molar-refractivity contribution >= 4 is 6.03 Å². The van der Waals surface area contributed by atoms with Crippen molar-refractivity contribution in [2.45, 2.75) is 39.2 Å². The highest BCUT2D eigenvalue weighted by Gasteiger charge is 2.20. The van der Waals surface area contributed by atoms with Gasteiger partial charge >= 0.3 is 6.03 Å². The molecule has 1 aromatic rings. The average Bonchev–Trinajstić information content (AvgIpc) is 2.40. The van der Waals surface area contributed by atoms with E-state index in [1.54, 1.807) is 24.8 Å². The molecule has 0 aromatic heterocycles. The zero-order valence-electron chi connectivity index (χ0n) is 13.0. The van der Waals surface area contributed by atoms with E-state index in [9.17, 15) is 14.3 Å². The number of carbonyl (C=O) groups excluding carboxylic acids is 1. The van der Waals surface area contributed by atoms with Gasteiger partial charge in [-0.25, -0.2) is 9.18 Å². The van der Waals surface area contributed by atoms with Gasteiger partial charge in [0.05, 0.1) is 12.1 Å². The molecule has 0 radical (unpaired) electrons. The molecular weight excluding hydrogens is 271 g/mol. The third kappa shape index (κ3) is 7.09. The largest absolute Gasteiger partial charge is 0.389 e.